The van der Waals surface area contributed by atoms with E-state index < -0.39 is 0 Å². The van der Waals surface area contributed by atoms with Crippen molar-refractivity contribution in [2.24, 2.45) is 0 Å². The lowest BCUT2D eigenvalue weighted by molar-refractivity contribution is -0.116. The van der Waals surface area contributed by atoms with Crippen LogP contribution in [0.2, 0.25) is 5.02 Å². The van der Waals surface area contributed by atoms with Crippen molar-refractivity contribution < 1.29 is 4.79 Å². The summed E-state index contributed by atoms with van der Waals surface area (Å²) in [5.74, 6) is 0.796. The second-order valence-corrected chi connectivity index (χ2v) is 5.95. The first-order chi connectivity index (χ1) is 10.1. The number of benzene rings is 1. The zero-order valence-electron chi connectivity index (χ0n) is 11.4. The third-order valence-electron chi connectivity index (χ3n) is 2.73. The number of nitrogen functional groups attached to an aromatic ring is 1. The highest BCUT2D eigenvalue weighted by Gasteiger charge is 2.05. The van der Waals surface area contributed by atoms with Crippen LogP contribution in [0.1, 0.15) is 12.8 Å². The molecule has 0 atom stereocenters. The van der Waals surface area contributed by atoms with Crippen LogP contribution < -0.4 is 11.1 Å². The predicted octanol–water partition coefficient (Wildman–Crippen LogP) is 3.83. The minimum absolute atomic E-state index is 0.0300. The Balaban J connectivity index is 1.70. The van der Waals surface area contributed by atoms with E-state index in [0.29, 0.717) is 22.8 Å². The molecule has 0 bridgehead atoms. The van der Waals surface area contributed by atoms with E-state index in [1.807, 2.05) is 24.3 Å². The number of nitrogens with zero attached hydrogens (tertiary/aromatic N) is 1. The van der Waals surface area contributed by atoms with E-state index in [0.717, 1.165) is 17.2 Å². The Kier molecular flexibility index (Phi) is 5.90. The first-order valence-electron chi connectivity index (χ1n) is 6.54. The number of amides is 1. The van der Waals surface area contributed by atoms with Crippen LogP contribution in [-0.4, -0.2) is 16.6 Å². The largest absolute Gasteiger partial charge is 0.397 e. The van der Waals surface area contributed by atoms with Crippen molar-refractivity contribution >= 4 is 40.6 Å². The van der Waals surface area contributed by atoms with Crippen LogP contribution in [0.15, 0.2) is 47.6 Å². The van der Waals surface area contributed by atoms with Crippen molar-refractivity contribution in [3.63, 3.8) is 0 Å². The second-order valence-electron chi connectivity index (χ2n) is 4.40. The Morgan fingerprint density at radius 3 is 2.81 bits per heavy atom. The van der Waals surface area contributed by atoms with Crippen molar-refractivity contribution in [3.05, 3.63) is 47.6 Å². The molecule has 0 saturated carbocycles. The average Bonchev–Trinajstić information content (AvgIpc) is 2.48. The highest BCUT2D eigenvalue weighted by molar-refractivity contribution is 7.99. The Morgan fingerprint density at radius 1 is 1.29 bits per heavy atom. The zero-order chi connectivity index (χ0) is 15.1. The smallest absolute Gasteiger partial charge is 0.224 e. The minimum Gasteiger partial charge on any atom is -0.397 e. The van der Waals surface area contributed by atoms with Crippen molar-refractivity contribution in [1.29, 1.82) is 0 Å². The van der Waals surface area contributed by atoms with Crippen molar-refractivity contribution in [3.8, 4) is 0 Å². The van der Waals surface area contributed by atoms with Crippen LogP contribution >= 0.6 is 23.4 Å². The van der Waals surface area contributed by atoms with Crippen molar-refractivity contribution in [1.82, 2.24) is 4.98 Å². The summed E-state index contributed by atoms with van der Waals surface area (Å²) in [6, 6.07) is 10.9. The molecule has 0 unspecified atom stereocenters. The number of halogens is 1. The molecule has 1 aromatic carbocycles. The molecule has 4 nitrogen and oxygen atoms in total. The molecule has 6 heteroatoms. The SMILES string of the molecule is Nc1ccccc1NC(=O)CCCSc1ccc(Cl)cn1. The Labute approximate surface area is 133 Å². The summed E-state index contributed by atoms with van der Waals surface area (Å²) in [5, 5.41) is 4.34. The lowest BCUT2D eigenvalue weighted by Crippen LogP contribution is -2.12. The molecule has 2 rings (SSSR count). The molecule has 110 valence electrons. The number of aromatic nitrogens is 1. The number of nitrogens with one attached hydrogen (secondary N) is 1. The van der Waals surface area contributed by atoms with Gasteiger partial charge in [-0.15, -0.1) is 11.8 Å². The normalized spacial score (nSPS) is 10.3. The topological polar surface area (TPSA) is 68.0 Å². The van der Waals surface area contributed by atoms with E-state index >= 15 is 0 Å². The van der Waals surface area contributed by atoms with Gasteiger partial charge < -0.3 is 11.1 Å². The Hall–Kier alpha value is -1.72. The van der Waals surface area contributed by atoms with E-state index in [-0.39, 0.29) is 5.91 Å². The maximum Gasteiger partial charge on any atom is 0.224 e. The van der Waals surface area contributed by atoms with Gasteiger partial charge in [-0.1, -0.05) is 23.7 Å². The third kappa shape index (κ3) is 5.28. The first-order valence-corrected chi connectivity index (χ1v) is 7.90. The zero-order valence-corrected chi connectivity index (χ0v) is 13.0. The molecule has 0 aliphatic carbocycles. The lowest BCUT2D eigenvalue weighted by atomic mass is 10.2. The Morgan fingerprint density at radius 2 is 2.10 bits per heavy atom. The fourth-order valence-electron chi connectivity index (χ4n) is 1.68. The van der Waals surface area contributed by atoms with Crippen LogP contribution in [0.4, 0.5) is 11.4 Å². The van der Waals surface area contributed by atoms with Gasteiger partial charge in [-0.2, -0.15) is 0 Å². The fourth-order valence-corrected chi connectivity index (χ4v) is 2.58. The molecule has 1 heterocycles. The highest BCUT2D eigenvalue weighted by atomic mass is 35.5. The summed E-state index contributed by atoms with van der Waals surface area (Å²) in [5.41, 5.74) is 7.01. The van der Waals surface area contributed by atoms with Crippen LogP contribution in [0.5, 0.6) is 0 Å². The number of para-hydroxylation sites is 2. The quantitative estimate of drug-likeness (QED) is 0.482. The number of hydrogen-bond donors (Lipinski definition) is 2. The van der Waals surface area contributed by atoms with Crippen molar-refractivity contribution in [2.75, 3.05) is 16.8 Å². The summed E-state index contributed by atoms with van der Waals surface area (Å²) in [6.45, 7) is 0. The summed E-state index contributed by atoms with van der Waals surface area (Å²) >= 11 is 7.38. The molecule has 1 amide bonds. The van der Waals surface area contributed by atoms with E-state index in [1.54, 1.807) is 30.1 Å². The predicted molar refractivity (Wildman–Crippen MR) is 88.7 cm³/mol. The summed E-state index contributed by atoms with van der Waals surface area (Å²) < 4.78 is 0. The second kappa shape index (κ2) is 7.90. The number of anilines is 2. The van der Waals surface area contributed by atoms with Gasteiger partial charge in [0.2, 0.25) is 5.91 Å². The third-order valence-corrected chi connectivity index (χ3v) is 3.99. The highest BCUT2D eigenvalue weighted by Crippen LogP contribution is 2.20. The molecular formula is C15H16ClN3OS. The van der Waals surface area contributed by atoms with Crippen molar-refractivity contribution in [2.45, 2.75) is 17.9 Å². The number of carbonyl (C=O) groups excluding carboxylic acids is 1. The molecular weight excluding hydrogens is 306 g/mol. The van der Waals surface area contributed by atoms with Crippen LogP contribution in [0.3, 0.4) is 0 Å². The van der Waals surface area contributed by atoms with Gasteiger partial charge in [0.15, 0.2) is 0 Å². The average molecular weight is 322 g/mol. The van der Waals surface area contributed by atoms with Gasteiger partial charge in [-0.05, 0) is 36.4 Å². The van der Waals surface area contributed by atoms with E-state index in [2.05, 4.69) is 10.3 Å². The molecule has 0 saturated heterocycles. The number of hydrogen-bond acceptors (Lipinski definition) is 4. The molecule has 21 heavy (non-hydrogen) atoms. The van der Waals surface area contributed by atoms with Gasteiger partial charge in [-0.3, -0.25) is 4.79 Å². The van der Waals surface area contributed by atoms with Crippen LogP contribution in [0, 0.1) is 0 Å². The summed E-state index contributed by atoms with van der Waals surface area (Å²) in [7, 11) is 0. The first kappa shape index (κ1) is 15.7. The molecule has 0 spiro atoms. The maximum absolute atomic E-state index is 11.8. The monoisotopic (exact) mass is 321 g/mol. The van der Waals surface area contributed by atoms with Crippen LogP contribution in [0.25, 0.3) is 0 Å². The van der Waals surface area contributed by atoms with Crippen LogP contribution in [-0.2, 0) is 4.79 Å². The number of nitrogens with two attached hydrogens (primary N) is 1. The molecule has 0 fully saturated rings. The van der Waals surface area contributed by atoms with Gasteiger partial charge in [0.05, 0.1) is 21.4 Å². The van der Waals surface area contributed by atoms with Gasteiger partial charge >= 0.3 is 0 Å². The standard InChI is InChI=1S/C15H16ClN3OS/c16-11-7-8-15(18-10-11)21-9-3-6-14(20)19-13-5-2-1-4-12(13)17/h1-2,4-5,7-8,10H,3,6,9,17H2,(H,19,20). The number of rotatable bonds is 6. The molecule has 1 aromatic heterocycles. The molecule has 0 aliphatic heterocycles. The molecule has 0 radical (unpaired) electrons. The van der Waals surface area contributed by atoms with Gasteiger partial charge in [0, 0.05) is 12.6 Å². The van der Waals surface area contributed by atoms with Gasteiger partial charge in [0.25, 0.3) is 0 Å². The molecule has 2 aromatic rings. The van der Waals surface area contributed by atoms with Gasteiger partial charge in [0.1, 0.15) is 0 Å². The number of pyridine rings is 1. The molecule has 0 aliphatic rings. The molecule has 3 N–H and O–H groups in total. The lowest BCUT2D eigenvalue weighted by Gasteiger charge is -2.07. The minimum atomic E-state index is -0.0300. The van der Waals surface area contributed by atoms with E-state index in [1.165, 1.54) is 0 Å². The number of carbonyl (C=O) groups is 1. The summed E-state index contributed by atoms with van der Waals surface area (Å²) in [4.78, 5) is 16.0. The van der Waals surface area contributed by atoms with Gasteiger partial charge in [-0.25, -0.2) is 4.98 Å². The maximum atomic E-state index is 11.8. The number of thioether (sulfide) groups is 1. The Bertz CT molecular complexity index is 604. The van der Waals surface area contributed by atoms with E-state index in [4.69, 9.17) is 17.3 Å². The van der Waals surface area contributed by atoms with E-state index in [9.17, 15) is 4.79 Å². The fraction of sp³-hybridized carbons (Fsp3) is 0.200. The summed E-state index contributed by atoms with van der Waals surface area (Å²) in [6.07, 6.45) is 2.84.